The van der Waals surface area contributed by atoms with Crippen molar-refractivity contribution >= 4 is 38.8 Å². The van der Waals surface area contributed by atoms with E-state index in [0.29, 0.717) is 10.7 Å². The minimum Gasteiger partial charge on any atom is -0.398 e. The zero-order chi connectivity index (χ0) is 8.43. The number of hydrogen-bond donors (Lipinski definition) is 2. The monoisotopic (exact) mass is 230 g/mol. The van der Waals surface area contributed by atoms with E-state index < -0.39 is 0 Å². The zero-order valence-corrected chi connectivity index (χ0v) is 8.08. The maximum Gasteiger partial charge on any atom is 0.106 e. The molecule has 0 atom stereocenters. The molecule has 58 valence electrons. The van der Waals surface area contributed by atoms with Gasteiger partial charge in [0.05, 0.1) is 0 Å². The lowest BCUT2D eigenvalue weighted by Crippen LogP contribution is -2.11. The molecule has 1 rings (SSSR count). The quantitative estimate of drug-likeness (QED) is 0.571. The van der Waals surface area contributed by atoms with E-state index in [1.807, 2.05) is 6.07 Å². The van der Waals surface area contributed by atoms with Crippen LogP contribution in [0, 0.1) is 0 Å². The second-order valence-electron chi connectivity index (χ2n) is 2.10. The Bertz CT molecular complexity index is 298. The smallest absolute Gasteiger partial charge is 0.106 e. The number of nitrogen functional groups attached to an aromatic ring is 1. The standard InChI is InChI=1S/C7H7BrN2S/c8-4-1-2-5(7(10)11)6(9)3-4/h1-3H,9H2,(H2,10,11). The van der Waals surface area contributed by atoms with E-state index in [1.165, 1.54) is 0 Å². The van der Waals surface area contributed by atoms with E-state index in [4.69, 9.17) is 23.7 Å². The molecule has 0 unspecified atom stereocenters. The number of benzene rings is 1. The topological polar surface area (TPSA) is 52.0 Å². The van der Waals surface area contributed by atoms with Gasteiger partial charge in [0, 0.05) is 15.7 Å². The van der Waals surface area contributed by atoms with E-state index in [1.54, 1.807) is 12.1 Å². The third-order valence-corrected chi connectivity index (χ3v) is 1.99. The summed E-state index contributed by atoms with van der Waals surface area (Å²) in [4.78, 5) is 0.329. The first-order chi connectivity index (χ1) is 5.11. The fraction of sp³-hybridized carbons (Fsp3) is 0. The minimum atomic E-state index is 0.329. The average molecular weight is 231 g/mol. The van der Waals surface area contributed by atoms with Crippen LogP contribution in [0.1, 0.15) is 5.56 Å². The van der Waals surface area contributed by atoms with Gasteiger partial charge in [0.25, 0.3) is 0 Å². The van der Waals surface area contributed by atoms with Crippen LogP contribution >= 0.6 is 28.1 Å². The molecule has 11 heavy (non-hydrogen) atoms. The summed E-state index contributed by atoms with van der Waals surface area (Å²) in [5.74, 6) is 0. The van der Waals surface area contributed by atoms with Crippen LogP contribution in [0.25, 0.3) is 0 Å². The molecular weight excluding hydrogens is 224 g/mol. The first kappa shape index (κ1) is 8.49. The van der Waals surface area contributed by atoms with E-state index in [2.05, 4.69) is 15.9 Å². The van der Waals surface area contributed by atoms with Gasteiger partial charge in [0.15, 0.2) is 0 Å². The molecule has 2 nitrogen and oxygen atoms in total. The summed E-state index contributed by atoms with van der Waals surface area (Å²) < 4.78 is 0.926. The molecule has 0 saturated heterocycles. The summed E-state index contributed by atoms with van der Waals surface area (Å²) >= 11 is 8.06. The molecule has 0 amide bonds. The van der Waals surface area contributed by atoms with Crippen LogP contribution in [0.5, 0.6) is 0 Å². The molecule has 0 radical (unpaired) electrons. The molecule has 1 aromatic carbocycles. The van der Waals surface area contributed by atoms with Gasteiger partial charge in [-0.05, 0) is 18.2 Å². The first-order valence-corrected chi connectivity index (χ1v) is 4.16. The number of halogens is 1. The van der Waals surface area contributed by atoms with Crippen molar-refractivity contribution in [3.05, 3.63) is 28.2 Å². The number of anilines is 1. The van der Waals surface area contributed by atoms with Crippen LogP contribution in [0.3, 0.4) is 0 Å². The first-order valence-electron chi connectivity index (χ1n) is 2.96. The van der Waals surface area contributed by atoms with Crippen molar-refractivity contribution in [3.8, 4) is 0 Å². The van der Waals surface area contributed by atoms with Gasteiger partial charge in [0.2, 0.25) is 0 Å². The van der Waals surface area contributed by atoms with Gasteiger partial charge in [-0.3, -0.25) is 0 Å². The fourth-order valence-corrected chi connectivity index (χ4v) is 1.32. The summed E-state index contributed by atoms with van der Waals surface area (Å²) in [6, 6.07) is 5.42. The van der Waals surface area contributed by atoms with Crippen molar-refractivity contribution in [2.24, 2.45) is 5.73 Å². The van der Waals surface area contributed by atoms with Gasteiger partial charge in [-0.1, -0.05) is 28.1 Å². The van der Waals surface area contributed by atoms with Crippen molar-refractivity contribution in [1.82, 2.24) is 0 Å². The third kappa shape index (κ3) is 1.91. The average Bonchev–Trinajstić information content (AvgIpc) is 1.85. The highest BCUT2D eigenvalue weighted by atomic mass is 79.9. The molecule has 0 spiro atoms. The lowest BCUT2D eigenvalue weighted by molar-refractivity contribution is 1.58. The Labute approximate surface area is 78.7 Å². The van der Waals surface area contributed by atoms with Gasteiger partial charge in [-0.25, -0.2) is 0 Å². The number of nitrogens with two attached hydrogens (primary N) is 2. The normalized spacial score (nSPS) is 9.55. The summed E-state index contributed by atoms with van der Waals surface area (Å²) in [6.07, 6.45) is 0. The van der Waals surface area contributed by atoms with Gasteiger partial charge >= 0.3 is 0 Å². The number of rotatable bonds is 1. The predicted molar refractivity (Wildman–Crippen MR) is 54.4 cm³/mol. The molecule has 0 heterocycles. The Morgan fingerprint density at radius 2 is 2.09 bits per heavy atom. The maximum atomic E-state index is 5.62. The van der Waals surface area contributed by atoms with Crippen molar-refractivity contribution in [3.63, 3.8) is 0 Å². The van der Waals surface area contributed by atoms with E-state index in [9.17, 15) is 0 Å². The molecule has 0 bridgehead atoms. The van der Waals surface area contributed by atoms with E-state index in [-0.39, 0.29) is 0 Å². The molecule has 0 aliphatic heterocycles. The van der Waals surface area contributed by atoms with Gasteiger partial charge in [-0.2, -0.15) is 0 Å². The van der Waals surface area contributed by atoms with Crippen LogP contribution in [0.15, 0.2) is 22.7 Å². The van der Waals surface area contributed by atoms with E-state index >= 15 is 0 Å². The number of hydrogen-bond acceptors (Lipinski definition) is 2. The van der Waals surface area contributed by atoms with Gasteiger partial charge in [-0.15, -0.1) is 0 Å². The van der Waals surface area contributed by atoms with Crippen LogP contribution in [-0.4, -0.2) is 4.99 Å². The lowest BCUT2D eigenvalue weighted by Gasteiger charge is -2.02. The summed E-state index contributed by atoms with van der Waals surface area (Å²) in [5.41, 5.74) is 12.4. The van der Waals surface area contributed by atoms with E-state index in [0.717, 1.165) is 10.0 Å². The molecule has 1 aromatic rings. The van der Waals surface area contributed by atoms with Crippen LogP contribution in [-0.2, 0) is 0 Å². The zero-order valence-electron chi connectivity index (χ0n) is 5.67. The van der Waals surface area contributed by atoms with Crippen molar-refractivity contribution in [2.45, 2.75) is 0 Å². The Kier molecular flexibility index (Phi) is 2.46. The lowest BCUT2D eigenvalue weighted by atomic mass is 10.2. The molecule has 4 heteroatoms. The predicted octanol–water partition coefficient (Wildman–Crippen LogP) is 1.67. The molecule has 0 aliphatic carbocycles. The van der Waals surface area contributed by atoms with Crippen molar-refractivity contribution in [1.29, 1.82) is 0 Å². The molecule has 0 saturated carbocycles. The Morgan fingerprint density at radius 1 is 1.45 bits per heavy atom. The molecule has 0 aliphatic rings. The van der Waals surface area contributed by atoms with Crippen molar-refractivity contribution in [2.75, 3.05) is 5.73 Å². The van der Waals surface area contributed by atoms with Gasteiger partial charge in [0.1, 0.15) is 4.99 Å². The summed E-state index contributed by atoms with van der Waals surface area (Å²) in [6.45, 7) is 0. The fourth-order valence-electron chi connectivity index (χ4n) is 0.758. The Morgan fingerprint density at radius 3 is 2.55 bits per heavy atom. The number of thiocarbonyl (C=S) groups is 1. The SMILES string of the molecule is NC(=S)c1ccc(Br)cc1N. The highest BCUT2D eigenvalue weighted by Gasteiger charge is 2.00. The molecule has 4 N–H and O–H groups in total. The van der Waals surface area contributed by atoms with Crippen LogP contribution in [0.2, 0.25) is 0 Å². The third-order valence-electron chi connectivity index (χ3n) is 1.28. The highest BCUT2D eigenvalue weighted by Crippen LogP contribution is 2.17. The molecule has 0 fully saturated rings. The summed E-state index contributed by atoms with van der Waals surface area (Å²) in [7, 11) is 0. The maximum absolute atomic E-state index is 5.62. The largest absolute Gasteiger partial charge is 0.398 e. The van der Waals surface area contributed by atoms with Crippen molar-refractivity contribution < 1.29 is 0 Å². The second-order valence-corrected chi connectivity index (χ2v) is 3.45. The molecule has 0 aromatic heterocycles. The highest BCUT2D eigenvalue weighted by molar-refractivity contribution is 9.10. The Hall–Kier alpha value is -0.610. The molecular formula is C7H7BrN2S. The summed E-state index contributed by atoms with van der Waals surface area (Å²) in [5, 5.41) is 0. The van der Waals surface area contributed by atoms with Gasteiger partial charge < -0.3 is 11.5 Å². The second kappa shape index (κ2) is 3.19. The minimum absolute atomic E-state index is 0.329. The Balaban J connectivity index is 3.20. The van der Waals surface area contributed by atoms with Crippen LogP contribution in [0.4, 0.5) is 5.69 Å². The van der Waals surface area contributed by atoms with Crippen LogP contribution < -0.4 is 11.5 Å².